The van der Waals surface area contributed by atoms with E-state index in [0.29, 0.717) is 11.5 Å². The van der Waals surface area contributed by atoms with E-state index >= 15 is 0 Å². The average Bonchev–Trinajstić information content (AvgIpc) is 2.85. The van der Waals surface area contributed by atoms with E-state index in [9.17, 15) is 4.79 Å². The monoisotopic (exact) mass is 244 g/mol. The zero-order valence-corrected chi connectivity index (χ0v) is 10.4. The minimum Gasteiger partial charge on any atom is -0.443 e. The summed E-state index contributed by atoms with van der Waals surface area (Å²) in [5.41, 5.74) is 2.16. The van der Waals surface area contributed by atoms with Gasteiger partial charge in [0.25, 0.3) is 5.91 Å². The number of likely N-dealkylation sites (tertiary alicyclic amines) is 1. The highest BCUT2D eigenvalue weighted by Crippen LogP contribution is 2.20. The molecule has 18 heavy (non-hydrogen) atoms. The van der Waals surface area contributed by atoms with Gasteiger partial charge < -0.3 is 9.32 Å². The fourth-order valence-corrected chi connectivity index (χ4v) is 2.55. The van der Waals surface area contributed by atoms with Crippen molar-refractivity contribution in [3.8, 4) is 0 Å². The number of amides is 1. The van der Waals surface area contributed by atoms with Crippen LogP contribution in [0.2, 0.25) is 0 Å². The highest BCUT2D eigenvalue weighted by atomic mass is 16.3. The van der Waals surface area contributed by atoms with E-state index in [1.165, 1.54) is 12.8 Å². The molecule has 1 atom stereocenters. The standard InChI is InChI=1S/C14H16N2O2/c1-10-3-2-6-16(8-10)14(17)11-4-5-13-12(7-11)15-9-18-13/h4-5,7,9-10H,2-3,6,8H2,1H3. The van der Waals surface area contributed by atoms with Crippen molar-refractivity contribution in [2.24, 2.45) is 5.92 Å². The lowest BCUT2D eigenvalue weighted by Crippen LogP contribution is -2.39. The Bertz CT molecular complexity index is 576. The maximum Gasteiger partial charge on any atom is 0.253 e. The second-order valence-electron chi connectivity index (χ2n) is 5.03. The van der Waals surface area contributed by atoms with Crippen molar-refractivity contribution in [1.82, 2.24) is 9.88 Å². The fraction of sp³-hybridized carbons (Fsp3) is 0.429. The van der Waals surface area contributed by atoms with E-state index < -0.39 is 0 Å². The van der Waals surface area contributed by atoms with E-state index in [1.54, 1.807) is 6.07 Å². The highest BCUT2D eigenvalue weighted by Gasteiger charge is 2.22. The van der Waals surface area contributed by atoms with Gasteiger partial charge in [-0.2, -0.15) is 0 Å². The molecule has 0 aliphatic carbocycles. The Balaban J connectivity index is 1.86. The van der Waals surface area contributed by atoms with Crippen LogP contribution < -0.4 is 0 Å². The Kier molecular flexibility index (Phi) is 2.78. The van der Waals surface area contributed by atoms with Crippen LogP contribution in [-0.2, 0) is 0 Å². The lowest BCUT2D eigenvalue weighted by atomic mass is 9.99. The number of carbonyl (C=O) groups is 1. The maximum absolute atomic E-state index is 12.4. The molecule has 0 bridgehead atoms. The number of nitrogens with zero attached hydrogens (tertiary/aromatic N) is 2. The quantitative estimate of drug-likeness (QED) is 0.774. The van der Waals surface area contributed by atoms with E-state index in [1.807, 2.05) is 17.0 Å². The largest absolute Gasteiger partial charge is 0.443 e. The van der Waals surface area contributed by atoms with Crippen molar-refractivity contribution in [3.63, 3.8) is 0 Å². The lowest BCUT2D eigenvalue weighted by Gasteiger charge is -2.31. The van der Waals surface area contributed by atoms with Gasteiger partial charge >= 0.3 is 0 Å². The SMILES string of the molecule is CC1CCCN(C(=O)c2ccc3ocnc3c2)C1. The molecule has 0 radical (unpaired) electrons. The maximum atomic E-state index is 12.4. The Hall–Kier alpha value is -1.84. The second-order valence-corrected chi connectivity index (χ2v) is 5.03. The zero-order chi connectivity index (χ0) is 12.5. The third-order valence-electron chi connectivity index (χ3n) is 3.52. The number of aromatic nitrogens is 1. The van der Waals surface area contributed by atoms with Gasteiger partial charge in [0.1, 0.15) is 5.52 Å². The fourth-order valence-electron chi connectivity index (χ4n) is 2.55. The van der Waals surface area contributed by atoms with Crippen LogP contribution in [0.1, 0.15) is 30.1 Å². The lowest BCUT2D eigenvalue weighted by molar-refractivity contribution is 0.0683. The third-order valence-corrected chi connectivity index (χ3v) is 3.52. The highest BCUT2D eigenvalue weighted by molar-refractivity contribution is 5.97. The van der Waals surface area contributed by atoms with Crippen LogP contribution in [0.25, 0.3) is 11.1 Å². The predicted molar refractivity (Wildman–Crippen MR) is 68.3 cm³/mol. The summed E-state index contributed by atoms with van der Waals surface area (Å²) in [5, 5.41) is 0. The van der Waals surface area contributed by atoms with Crippen LogP contribution >= 0.6 is 0 Å². The molecule has 3 rings (SSSR count). The number of oxazole rings is 1. The van der Waals surface area contributed by atoms with Crippen molar-refractivity contribution in [2.75, 3.05) is 13.1 Å². The number of piperidine rings is 1. The minimum atomic E-state index is 0.103. The number of fused-ring (bicyclic) bond motifs is 1. The van der Waals surface area contributed by atoms with Crippen molar-refractivity contribution in [1.29, 1.82) is 0 Å². The van der Waals surface area contributed by atoms with Gasteiger partial charge in [-0.3, -0.25) is 4.79 Å². The van der Waals surface area contributed by atoms with Crippen molar-refractivity contribution < 1.29 is 9.21 Å². The molecule has 0 N–H and O–H groups in total. The molecule has 2 heterocycles. The van der Waals surface area contributed by atoms with E-state index in [0.717, 1.165) is 30.6 Å². The summed E-state index contributed by atoms with van der Waals surface area (Å²) in [6.45, 7) is 3.91. The molecule has 0 spiro atoms. The molecule has 4 nitrogen and oxygen atoms in total. The van der Waals surface area contributed by atoms with E-state index in [4.69, 9.17) is 4.42 Å². The van der Waals surface area contributed by atoms with E-state index in [-0.39, 0.29) is 5.91 Å². The summed E-state index contributed by atoms with van der Waals surface area (Å²) in [6, 6.07) is 5.43. The van der Waals surface area contributed by atoms with Crippen LogP contribution in [0, 0.1) is 5.92 Å². The van der Waals surface area contributed by atoms with Crippen LogP contribution in [0.4, 0.5) is 0 Å². The molecule has 1 aliphatic rings. The molecule has 0 saturated carbocycles. The number of hydrogen-bond acceptors (Lipinski definition) is 3. The van der Waals surface area contributed by atoms with Crippen LogP contribution in [0.5, 0.6) is 0 Å². The number of benzene rings is 1. The summed E-state index contributed by atoms with van der Waals surface area (Å²) in [5.74, 6) is 0.699. The molecule has 1 amide bonds. The number of carbonyl (C=O) groups excluding carboxylic acids is 1. The summed E-state index contributed by atoms with van der Waals surface area (Å²) in [4.78, 5) is 18.4. The van der Waals surface area contributed by atoms with Gasteiger partial charge in [-0.05, 0) is 37.0 Å². The first-order valence-corrected chi connectivity index (χ1v) is 6.36. The molecule has 1 aromatic carbocycles. The molecule has 1 aromatic heterocycles. The first-order chi connectivity index (χ1) is 8.74. The second kappa shape index (κ2) is 4.44. The summed E-state index contributed by atoms with van der Waals surface area (Å²) < 4.78 is 5.18. The van der Waals surface area contributed by atoms with Gasteiger partial charge in [-0.15, -0.1) is 0 Å². The Morgan fingerprint density at radius 1 is 1.50 bits per heavy atom. The normalized spacial score (nSPS) is 20.3. The molecule has 94 valence electrons. The first-order valence-electron chi connectivity index (χ1n) is 6.36. The molecule has 1 saturated heterocycles. The number of hydrogen-bond donors (Lipinski definition) is 0. The van der Waals surface area contributed by atoms with Gasteiger partial charge in [0.2, 0.25) is 0 Å². The van der Waals surface area contributed by atoms with Crippen molar-refractivity contribution in [3.05, 3.63) is 30.2 Å². The Morgan fingerprint density at radius 2 is 2.39 bits per heavy atom. The summed E-state index contributed by atoms with van der Waals surface area (Å²) >= 11 is 0. The molecule has 1 unspecified atom stereocenters. The molecule has 2 aromatic rings. The van der Waals surface area contributed by atoms with Crippen LogP contribution in [-0.4, -0.2) is 28.9 Å². The Morgan fingerprint density at radius 3 is 3.22 bits per heavy atom. The van der Waals surface area contributed by atoms with Gasteiger partial charge in [-0.1, -0.05) is 6.92 Å². The molecular formula is C14H16N2O2. The molecular weight excluding hydrogens is 228 g/mol. The van der Waals surface area contributed by atoms with Crippen LogP contribution in [0.15, 0.2) is 29.0 Å². The van der Waals surface area contributed by atoms with Gasteiger partial charge in [-0.25, -0.2) is 4.98 Å². The topological polar surface area (TPSA) is 46.3 Å². The van der Waals surface area contributed by atoms with Crippen molar-refractivity contribution >= 4 is 17.0 Å². The Labute approximate surface area is 106 Å². The average molecular weight is 244 g/mol. The first kappa shape index (κ1) is 11.3. The van der Waals surface area contributed by atoms with Crippen molar-refractivity contribution in [2.45, 2.75) is 19.8 Å². The third kappa shape index (κ3) is 1.98. The molecule has 4 heteroatoms. The smallest absolute Gasteiger partial charge is 0.253 e. The van der Waals surface area contributed by atoms with Gasteiger partial charge in [0.15, 0.2) is 12.0 Å². The van der Waals surface area contributed by atoms with Crippen LogP contribution in [0.3, 0.4) is 0 Å². The summed E-state index contributed by atoms with van der Waals surface area (Å²) in [7, 11) is 0. The molecule has 1 fully saturated rings. The number of rotatable bonds is 1. The zero-order valence-electron chi connectivity index (χ0n) is 10.4. The predicted octanol–water partition coefficient (Wildman–Crippen LogP) is 2.70. The summed E-state index contributed by atoms with van der Waals surface area (Å²) in [6.07, 6.45) is 3.72. The molecule has 1 aliphatic heterocycles. The van der Waals surface area contributed by atoms with E-state index in [2.05, 4.69) is 11.9 Å². The minimum absolute atomic E-state index is 0.103. The van der Waals surface area contributed by atoms with Gasteiger partial charge in [0, 0.05) is 18.7 Å². The van der Waals surface area contributed by atoms with Gasteiger partial charge in [0.05, 0.1) is 0 Å².